The van der Waals surface area contributed by atoms with Gasteiger partial charge in [0.15, 0.2) is 11.4 Å². The number of carbonyl (C=O) groups is 2. The Morgan fingerprint density at radius 2 is 1.86 bits per heavy atom. The van der Waals surface area contributed by atoms with Gasteiger partial charge in [0.05, 0.1) is 0 Å². The lowest BCUT2D eigenvalue weighted by molar-refractivity contribution is -0.131. The Hall–Kier alpha value is -2.73. The van der Waals surface area contributed by atoms with Gasteiger partial charge in [-0.05, 0) is 17.2 Å². The van der Waals surface area contributed by atoms with E-state index in [4.69, 9.17) is 16.2 Å². The second-order valence-electron chi connectivity index (χ2n) is 4.43. The molecule has 1 amide bonds. The molecule has 0 radical (unpaired) electrons. The van der Waals surface area contributed by atoms with E-state index in [9.17, 15) is 9.59 Å². The third kappa shape index (κ3) is 3.43. The van der Waals surface area contributed by atoms with E-state index in [0.29, 0.717) is 12.1 Å². The minimum atomic E-state index is -0.753. The van der Waals surface area contributed by atoms with Crippen molar-refractivity contribution in [3.63, 3.8) is 0 Å². The highest BCUT2D eigenvalue weighted by Gasteiger charge is 2.14. The van der Waals surface area contributed by atoms with Crippen LogP contribution in [0.25, 0.3) is 11.1 Å². The Kier molecular flexibility index (Phi) is 4.30. The smallest absolute Gasteiger partial charge is 0.308 e. The maximum Gasteiger partial charge on any atom is 0.308 e. The second kappa shape index (κ2) is 6.15. The number of hydrogen-bond donors (Lipinski definition) is 2. The summed E-state index contributed by atoms with van der Waals surface area (Å²) in [6, 6.07) is 9.10. The number of benzene rings is 1. The van der Waals surface area contributed by atoms with Crippen molar-refractivity contribution in [2.75, 3.05) is 0 Å². The molecule has 1 aromatic heterocycles. The van der Waals surface area contributed by atoms with E-state index in [1.165, 1.54) is 13.1 Å². The molecule has 2 aromatic rings. The summed E-state index contributed by atoms with van der Waals surface area (Å²) < 4.78 is 4.99. The average Bonchev–Trinajstić information content (AvgIpc) is 2.46. The molecule has 1 aromatic carbocycles. The third-order valence-electron chi connectivity index (χ3n) is 2.86. The van der Waals surface area contributed by atoms with Gasteiger partial charge in [-0.2, -0.15) is 0 Å². The first-order chi connectivity index (χ1) is 10.0. The molecule has 4 N–H and O–H groups in total. The molecule has 0 aliphatic carbocycles. The highest BCUT2D eigenvalue weighted by atomic mass is 16.5. The summed E-state index contributed by atoms with van der Waals surface area (Å²) in [6.07, 6.45) is 1.50. The minimum Gasteiger partial charge on any atom is -0.424 e. The summed E-state index contributed by atoms with van der Waals surface area (Å²) in [6.45, 7) is 1.70. The summed E-state index contributed by atoms with van der Waals surface area (Å²) in [5.41, 5.74) is 13.3. The van der Waals surface area contributed by atoms with Gasteiger partial charge in [-0.3, -0.25) is 9.59 Å². The van der Waals surface area contributed by atoms with Gasteiger partial charge in [0.2, 0.25) is 0 Å². The Morgan fingerprint density at radius 3 is 2.38 bits per heavy atom. The van der Waals surface area contributed by atoms with Crippen LogP contribution < -0.4 is 16.2 Å². The Morgan fingerprint density at radius 1 is 1.19 bits per heavy atom. The molecule has 6 nitrogen and oxygen atoms in total. The number of ether oxygens (including phenoxy) is 1. The van der Waals surface area contributed by atoms with Crippen LogP contribution in [0.5, 0.6) is 5.75 Å². The highest BCUT2D eigenvalue weighted by Crippen LogP contribution is 2.26. The quantitative estimate of drug-likeness (QED) is 0.821. The maximum atomic E-state index is 11.3. The fourth-order valence-corrected chi connectivity index (χ4v) is 1.85. The minimum absolute atomic E-state index is 0.0513. The molecule has 0 aliphatic heterocycles. The Bertz CT molecular complexity index is 681. The van der Waals surface area contributed by atoms with Crippen molar-refractivity contribution in [1.82, 2.24) is 4.98 Å². The standard InChI is InChI=1S/C15H15N3O3/c1-9(19)21-13-6-12(8-18-14(13)15(17)20)11-4-2-10(7-16)3-5-11/h2-6,8H,7,16H2,1H3,(H2,17,20). The molecular weight excluding hydrogens is 270 g/mol. The monoisotopic (exact) mass is 285 g/mol. The van der Waals surface area contributed by atoms with Crippen LogP contribution in [-0.4, -0.2) is 16.9 Å². The fourth-order valence-electron chi connectivity index (χ4n) is 1.85. The number of hydrogen-bond acceptors (Lipinski definition) is 5. The lowest BCUT2D eigenvalue weighted by Gasteiger charge is -2.09. The zero-order valence-electron chi connectivity index (χ0n) is 11.5. The largest absolute Gasteiger partial charge is 0.424 e. The summed E-state index contributed by atoms with van der Waals surface area (Å²) in [7, 11) is 0. The van der Waals surface area contributed by atoms with Gasteiger partial charge >= 0.3 is 5.97 Å². The molecule has 0 aliphatic rings. The second-order valence-corrected chi connectivity index (χ2v) is 4.43. The Balaban J connectivity index is 2.44. The number of esters is 1. The molecule has 21 heavy (non-hydrogen) atoms. The zero-order chi connectivity index (χ0) is 15.4. The first kappa shape index (κ1) is 14.7. The van der Waals surface area contributed by atoms with Gasteiger partial charge in [0.1, 0.15) is 0 Å². The molecule has 0 bridgehead atoms. The van der Waals surface area contributed by atoms with Crippen molar-refractivity contribution in [2.45, 2.75) is 13.5 Å². The summed E-state index contributed by atoms with van der Waals surface area (Å²) in [5.74, 6) is -1.25. The van der Waals surface area contributed by atoms with Crippen LogP contribution in [0.3, 0.4) is 0 Å². The first-order valence-electron chi connectivity index (χ1n) is 6.29. The highest BCUT2D eigenvalue weighted by molar-refractivity contribution is 5.95. The molecule has 0 saturated carbocycles. The average molecular weight is 285 g/mol. The van der Waals surface area contributed by atoms with Gasteiger partial charge in [-0.15, -0.1) is 0 Å². The number of primary amides is 1. The lowest BCUT2D eigenvalue weighted by atomic mass is 10.0. The molecule has 0 atom stereocenters. The normalized spacial score (nSPS) is 10.2. The molecule has 0 fully saturated rings. The van der Waals surface area contributed by atoms with E-state index in [-0.39, 0.29) is 11.4 Å². The summed E-state index contributed by atoms with van der Waals surface area (Å²) in [5, 5.41) is 0. The predicted molar refractivity (Wildman–Crippen MR) is 77.4 cm³/mol. The molecule has 2 rings (SSSR count). The van der Waals surface area contributed by atoms with Gasteiger partial charge in [0, 0.05) is 25.2 Å². The molecule has 1 heterocycles. The molecule has 6 heteroatoms. The first-order valence-corrected chi connectivity index (χ1v) is 6.29. The van der Waals surface area contributed by atoms with Crippen molar-refractivity contribution in [2.24, 2.45) is 11.5 Å². The fraction of sp³-hybridized carbons (Fsp3) is 0.133. The van der Waals surface area contributed by atoms with Crippen molar-refractivity contribution < 1.29 is 14.3 Å². The van der Waals surface area contributed by atoms with E-state index in [0.717, 1.165) is 11.1 Å². The summed E-state index contributed by atoms with van der Waals surface area (Å²) in [4.78, 5) is 26.4. The molecular formula is C15H15N3O3. The topological polar surface area (TPSA) is 108 Å². The number of carbonyl (C=O) groups excluding carboxylic acids is 2. The van der Waals surface area contributed by atoms with Crippen LogP contribution in [0.1, 0.15) is 23.0 Å². The van der Waals surface area contributed by atoms with Crippen LogP contribution >= 0.6 is 0 Å². The zero-order valence-corrected chi connectivity index (χ0v) is 11.5. The number of rotatable bonds is 4. The summed E-state index contributed by atoms with van der Waals surface area (Å²) >= 11 is 0. The predicted octanol–water partition coefficient (Wildman–Crippen LogP) is 1.23. The number of aromatic nitrogens is 1. The maximum absolute atomic E-state index is 11.3. The molecule has 108 valence electrons. The number of amides is 1. The third-order valence-corrected chi connectivity index (χ3v) is 2.86. The van der Waals surface area contributed by atoms with Gasteiger partial charge in [-0.1, -0.05) is 24.3 Å². The van der Waals surface area contributed by atoms with Crippen LogP contribution in [0.2, 0.25) is 0 Å². The van der Waals surface area contributed by atoms with Crippen molar-refractivity contribution >= 4 is 11.9 Å². The van der Waals surface area contributed by atoms with Gasteiger partial charge < -0.3 is 16.2 Å². The molecule has 0 spiro atoms. The van der Waals surface area contributed by atoms with Crippen LogP contribution in [-0.2, 0) is 11.3 Å². The van der Waals surface area contributed by atoms with E-state index in [1.54, 1.807) is 6.07 Å². The van der Waals surface area contributed by atoms with Crippen LogP contribution in [0.15, 0.2) is 36.5 Å². The number of nitrogens with zero attached hydrogens (tertiary/aromatic N) is 1. The van der Waals surface area contributed by atoms with E-state index in [1.807, 2.05) is 24.3 Å². The van der Waals surface area contributed by atoms with E-state index in [2.05, 4.69) is 4.98 Å². The Labute approximate surface area is 121 Å². The molecule has 0 saturated heterocycles. The van der Waals surface area contributed by atoms with Gasteiger partial charge in [-0.25, -0.2) is 4.98 Å². The van der Waals surface area contributed by atoms with E-state index < -0.39 is 11.9 Å². The van der Waals surface area contributed by atoms with Crippen LogP contribution in [0.4, 0.5) is 0 Å². The SMILES string of the molecule is CC(=O)Oc1cc(-c2ccc(CN)cc2)cnc1C(N)=O. The van der Waals surface area contributed by atoms with Crippen LogP contribution in [0, 0.1) is 0 Å². The van der Waals surface area contributed by atoms with E-state index >= 15 is 0 Å². The van der Waals surface area contributed by atoms with Gasteiger partial charge in [0.25, 0.3) is 5.91 Å². The van der Waals surface area contributed by atoms with Crippen molar-refractivity contribution in [3.05, 3.63) is 47.8 Å². The van der Waals surface area contributed by atoms with Crippen molar-refractivity contribution in [1.29, 1.82) is 0 Å². The number of nitrogens with two attached hydrogens (primary N) is 2. The number of pyridine rings is 1. The lowest BCUT2D eigenvalue weighted by Crippen LogP contribution is -2.16. The molecule has 0 unspecified atom stereocenters. The van der Waals surface area contributed by atoms with Crippen molar-refractivity contribution in [3.8, 4) is 16.9 Å².